The molecule has 0 spiro atoms. The Kier molecular flexibility index (Phi) is 6.40. The molecule has 0 fully saturated rings. The lowest BCUT2D eigenvalue weighted by Gasteiger charge is -2.13. The number of rotatable bonds is 5. The minimum atomic E-state index is 1.17. The molecule has 46 heavy (non-hydrogen) atoms. The molecule has 0 aliphatic rings. The molecule has 0 aliphatic heterocycles. The van der Waals surface area contributed by atoms with Crippen molar-refractivity contribution >= 4 is 43.9 Å². The van der Waals surface area contributed by atoms with Crippen molar-refractivity contribution in [2.24, 2.45) is 0 Å². The Labute approximate surface area is 272 Å². The molecule has 1 nitrogen and oxygen atoms in total. The molecule has 216 valence electrons. The summed E-state index contributed by atoms with van der Waals surface area (Å²) >= 11 is 1.91. The van der Waals surface area contributed by atoms with Gasteiger partial charge >= 0.3 is 0 Å². The molecule has 0 atom stereocenters. The number of benzene rings is 7. The average Bonchev–Trinajstić information content (AvgIpc) is 3.68. The lowest BCUT2D eigenvalue weighted by molar-refractivity contribution is 1.18. The SMILES string of the molecule is c1ccc(-c2ccccc2-c2sc(-c3cc4c5ccccc5n(-c5ccccc5)c4cc3-c3ccccc3)c3ccccc23)cc1. The van der Waals surface area contributed by atoms with Crippen LogP contribution < -0.4 is 0 Å². The Balaban J connectivity index is 1.37. The van der Waals surface area contributed by atoms with E-state index in [-0.39, 0.29) is 0 Å². The first-order valence-electron chi connectivity index (χ1n) is 15.7. The van der Waals surface area contributed by atoms with Crippen molar-refractivity contribution in [3.8, 4) is 48.8 Å². The second kappa shape index (κ2) is 11.0. The summed E-state index contributed by atoms with van der Waals surface area (Å²) in [7, 11) is 0. The van der Waals surface area contributed by atoms with Crippen LogP contribution in [-0.2, 0) is 0 Å². The van der Waals surface area contributed by atoms with Crippen molar-refractivity contribution in [2.45, 2.75) is 0 Å². The maximum Gasteiger partial charge on any atom is 0.0547 e. The van der Waals surface area contributed by atoms with Crippen LogP contribution in [0.25, 0.3) is 81.4 Å². The van der Waals surface area contributed by atoms with Crippen LogP contribution in [-0.4, -0.2) is 4.57 Å². The molecule has 2 heterocycles. The molecule has 0 saturated carbocycles. The second-order valence-electron chi connectivity index (χ2n) is 11.7. The largest absolute Gasteiger partial charge is 0.309 e. The van der Waals surface area contributed by atoms with Crippen LogP contribution in [0.1, 0.15) is 0 Å². The van der Waals surface area contributed by atoms with Gasteiger partial charge in [0.2, 0.25) is 0 Å². The molecule has 0 unspecified atom stereocenters. The highest BCUT2D eigenvalue weighted by Crippen LogP contribution is 2.50. The van der Waals surface area contributed by atoms with Gasteiger partial charge in [-0.05, 0) is 52.6 Å². The number of nitrogens with zero attached hydrogens (tertiary/aromatic N) is 1. The van der Waals surface area contributed by atoms with E-state index >= 15 is 0 Å². The van der Waals surface area contributed by atoms with Crippen LogP contribution in [0.5, 0.6) is 0 Å². The summed E-state index contributed by atoms with van der Waals surface area (Å²) < 4.78 is 2.41. The zero-order valence-electron chi connectivity index (χ0n) is 25.1. The van der Waals surface area contributed by atoms with Gasteiger partial charge in [0, 0.05) is 48.1 Å². The minimum Gasteiger partial charge on any atom is -0.309 e. The van der Waals surface area contributed by atoms with Crippen molar-refractivity contribution in [1.82, 2.24) is 4.57 Å². The molecule has 0 N–H and O–H groups in total. The Morgan fingerprint density at radius 3 is 1.50 bits per heavy atom. The van der Waals surface area contributed by atoms with Crippen molar-refractivity contribution < 1.29 is 0 Å². The fourth-order valence-corrected chi connectivity index (χ4v) is 8.30. The lowest BCUT2D eigenvalue weighted by Crippen LogP contribution is -1.94. The molecule has 2 heteroatoms. The van der Waals surface area contributed by atoms with Gasteiger partial charge in [0.1, 0.15) is 0 Å². The Bertz CT molecular complexity index is 2500. The third kappa shape index (κ3) is 4.30. The van der Waals surface area contributed by atoms with E-state index in [1.165, 1.54) is 81.4 Å². The van der Waals surface area contributed by atoms with Crippen LogP contribution in [0.4, 0.5) is 0 Å². The third-order valence-corrected chi connectivity index (χ3v) is 10.3. The van der Waals surface area contributed by atoms with E-state index in [9.17, 15) is 0 Å². The van der Waals surface area contributed by atoms with Crippen molar-refractivity contribution in [1.29, 1.82) is 0 Å². The summed E-state index contributed by atoms with van der Waals surface area (Å²) in [6, 6.07) is 63.7. The smallest absolute Gasteiger partial charge is 0.0547 e. The third-order valence-electron chi connectivity index (χ3n) is 9.03. The normalized spacial score (nSPS) is 11.5. The van der Waals surface area contributed by atoms with Crippen LogP contribution >= 0.6 is 11.3 Å². The molecule has 0 amide bonds. The van der Waals surface area contributed by atoms with Gasteiger partial charge in [0.25, 0.3) is 0 Å². The van der Waals surface area contributed by atoms with E-state index in [1.54, 1.807) is 0 Å². The molecule has 0 saturated heterocycles. The maximum atomic E-state index is 2.45. The molecule has 0 radical (unpaired) electrons. The lowest BCUT2D eigenvalue weighted by atomic mass is 9.94. The Morgan fingerprint density at radius 2 is 0.826 bits per heavy atom. The van der Waals surface area contributed by atoms with Gasteiger partial charge in [-0.2, -0.15) is 0 Å². The van der Waals surface area contributed by atoms with Gasteiger partial charge in [-0.15, -0.1) is 11.3 Å². The van der Waals surface area contributed by atoms with Gasteiger partial charge in [0.05, 0.1) is 11.0 Å². The highest BCUT2D eigenvalue weighted by molar-refractivity contribution is 7.21. The van der Waals surface area contributed by atoms with Gasteiger partial charge in [-0.1, -0.05) is 146 Å². The van der Waals surface area contributed by atoms with E-state index in [0.29, 0.717) is 0 Å². The predicted molar refractivity (Wildman–Crippen MR) is 198 cm³/mol. The summed E-state index contributed by atoms with van der Waals surface area (Å²) in [5, 5.41) is 5.10. The molecule has 0 aliphatic carbocycles. The van der Waals surface area contributed by atoms with Gasteiger partial charge in [0.15, 0.2) is 0 Å². The van der Waals surface area contributed by atoms with E-state index in [2.05, 4.69) is 180 Å². The predicted octanol–water partition coefficient (Wildman–Crippen LogP) is 12.7. The highest BCUT2D eigenvalue weighted by Gasteiger charge is 2.22. The molecular weight excluding hydrogens is 575 g/mol. The quantitative estimate of drug-likeness (QED) is 0.184. The number of thiophene rings is 1. The van der Waals surface area contributed by atoms with Gasteiger partial charge in [-0.25, -0.2) is 0 Å². The molecule has 2 aromatic heterocycles. The summed E-state index contributed by atoms with van der Waals surface area (Å²) in [4.78, 5) is 2.60. The first-order valence-corrected chi connectivity index (χ1v) is 16.5. The van der Waals surface area contributed by atoms with E-state index in [0.717, 1.165) is 0 Å². The summed E-state index contributed by atoms with van der Waals surface area (Å²) in [5.41, 5.74) is 11.1. The van der Waals surface area contributed by atoms with Crippen LogP contribution in [0.2, 0.25) is 0 Å². The zero-order valence-corrected chi connectivity index (χ0v) is 25.9. The molecule has 7 aromatic carbocycles. The fraction of sp³-hybridized carbons (Fsp3) is 0. The van der Waals surface area contributed by atoms with Crippen LogP contribution in [0, 0.1) is 0 Å². The van der Waals surface area contributed by atoms with Crippen LogP contribution in [0.15, 0.2) is 176 Å². The standard InChI is InChI=1S/C44H29NS/c1-4-16-30(17-5-1)33-22-10-11-24-35(33)43-36-25-12-13-26-37(36)44(46-43)40-28-39-34-23-14-15-27-41(34)45(32-20-8-3-9-21-32)42(39)29-38(40)31-18-6-2-7-19-31/h1-29H. The Morgan fingerprint density at radius 1 is 0.326 bits per heavy atom. The van der Waals surface area contributed by atoms with Gasteiger partial charge in [-0.3, -0.25) is 0 Å². The van der Waals surface area contributed by atoms with Crippen LogP contribution in [0.3, 0.4) is 0 Å². The fourth-order valence-electron chi connectivity index (χ4n) is 6.96. The number of fused-ring (bicyclic) bond motifs is 4. The minimum absolute atomic E-state index is 1.17. The summed E-state index contributed by atoms with van der Waals surface area (Å²) in [5.74, 6) is 0. The number of para-hydroxylation sites is 2. The molecule has 0 bridgehead atoms. The Hall–Kier alpha value is -5.70. The van der Waals surface area contributed by atoms with E-state index < -0.39 is 0 Å². The number of hydrogen-bond acceptors (Lipinski definition) is 1. The maximum absolute atomic E-state index is 2.45. The first kappa shape index (κ1) is 26.7. The topological polar surface area (TPSA) is 4.93 Å². The summed E-state index contributed by atoms with van der Waals surface area (Å²) in [6.45, 7) is 0. The zero-order chi connectivity index (χ0) is 30.5. The van der Waals surface area contributed by atoms with Crippen molar-refractivity contribution in [3.63, 3.8) is 0 Å². The monoisotopic (exact) mass is 603 g/mol. The van der Waals surface area contributed by atoms with Crippen molar-refractivity contribution in [2.75, 3.05) is 0 Å². The highest BCUT2D eigenvalue weighted by atomic mass is 32.1. The number of aromatic nitrogens is 1. The summed E-state index contributed by atoms with van der Waals surface area (Å²) in [6.07, 6.45) is 0. The molecule has 9 aromatic rings. The van der Waals surface area contributed by atoms with E-state index in [1.807, 2.05) is 11.3 Å². The van der Waals surface area contributed by atoms with E-state index in [4.69, 9.17) is 0 Å². The number of hydrogen-bond donors (Lipinski definition) is 0. The molecular formula is C44H29NS. The molecule has 9 rings (SSSR count). The first-order chi connectivity index (χ1) is 22.8. The average molecular weight is 604 g/mol. The van der Waals surface area contributed by atoms with Crippen molar-refractivity contribution in [3.05, 3.63) is 176 Å². The van der Waals surface area contributed by atoms with Gasteiger partial charge < -0.3 is 4.57 Å². The second-order valence-corrected chi connectivity index (χ2v) is 12.7.